The standard InChI is InChI=1S/C16H21ClN2O2.2ClH/c17-13-9-15-14(20-10-21-15)8-12(13)16(11-2-1-3-11)19-6-4-18-5-7-19;;/h8-9,11,16,18H,1-7,10H2;2*1H/t16-;;/m0../s1. The molecule has 4 rings (SSSR count). The van der Waals surface area contributed by atoms with Crippen molar-refractivity contribution >= 4 is 36.4 Å². The molecule has 2 aliphatic heterocycles. The maximum Gasteiger partial charge on any atom is 0.231 e. The van der Waals surface area contributed by atoms with Crippen molar-refractivity contribution in [2.45, 2.75) is 25.3 Å². The molecule has 1 aromatic carbocycles. The van der Waals surface area contributed by atoms with E-state index in [4.69, 9.17) is 21.1 Å². The highest BCUT2D eigenvalue weighted by atomic mass is 35.5. The van der Waals surface area contributed by atoms with Gasteiger partial charge in [-0.25, -0.2) is 0 Å². The van der Waals surface area contributed by atoms with Gasteiger partial charge in [0.05, 0.1) is 0 Å². The predicted molar refractivity (Wildman–Crippen MR) is 96.6 cm³/mol. The molecule has 3 aliphatic rings. The highest BCUT2D eigenvalue weighted by molar-refractivity contribution is 6.31. The summed E-state index contributed by atoms with van der Waals surface area (Å²) in [4.78, 5) is 2.59. The summed E-state index contributed by atoms with van der Waals surface area (Å²) >= 11 is 6.57. The largest absolute Gasteiger partial charge is 0.454 e. The minimum atomic E-state index is 0. The lowest BCUT2D eigenvalue weighted by Gasteiger charge is -2.43. The van der Waals surface area contributed by atoms with E-state index >= 15 is 0 Å². The van der Waals surface area contributed by atoms with E-state index in [9.17, 15) is 0 Å². The molecule has 4 nitrogen and oxygen atoms in total. The third-order valence-electron chi connectivity index (χ3n) is 4.95. The topological polar surface area (TPSA) is 33.7 Å². The van der Waals surface area contributed by atoms with Gasteiger partial charge in [-0.05, 0) is 30.4 Å². The van der Waals surface area contributed by atoms with Crippen molar-refractivity contribution in [1.82, 2.24) is 10.2 Å². The highest BCUT2D eigenvalue weighted by Crippen LogP contribution is 2.47. The smallest absolute Gasteiger partial charge is 0.231 e. The van der Waals surface area contributed by atoms with Gasteiger partial charge in [-0.3, -0.25) is 4.90 Å². The van der Waals surface area contributed by atoms with E-state index in [1.54, 1.807) is 0 Å². The number of hydrogen-bond donors (Lipinski definition) is 1. The summed E-state index contributed by atoms with van der Waals surface area (Å²) in [6, 6.07) is 4.45. The number of rotatable bonds is 3. The minimum absolute atomic E-state index is 0. The van der Waals surface area contributed by atoms with Gasteiger partial charge in [0, 0.05) is 43.3 Å². The van der Waals surface area contributed by atoms with Gasteiger partial charge in [0.1, 0.15) is 0 Å². The number of hydrogen-bond acceptors (Lipinski definition) is 4. The Hall–Kier alpha value is -0.390. The predicted octanol–water partition coefficient (Wildman–Crippen LogP) is 3.66. The molecule has 130 valence electrons. The molecule has 23 heavy (non-hydrogen) atoms. The van der Waals surface area contributed by atoms with Crippen LogP contribution in [0.3, 0.4) is 0 Å². The first-order valence-electron chi connectivity index (χ1n) is 7.87. The molecule has 1 atom stereocenters. The number of ether oxygens (including phenoxy) is 2. The molecule has 0 radical (unpaired) electrons. The maximum atomic E-state index is 6.57. The SMILES string of the molecule is Cl.Cl.Clc1cc2c(cc1[C@H](C1CCC1)N1CCNCC1)OCO2. The van der Waals surface area contributed by atoms with Crippen molar-refractivity contribution in [3.63, 3.8) is 0 Å². The van der Waals surface area contributed by atoms with Gasteiger partial charge >= 0.3 is 0 Å². The van der Waals surface area contributed by atoms with Crippen LogP contribution in [0.5, 0.6) is 11.5 Å². The molecule has 1 aliphatic carbocycles. The second kappa shape index (κ2) is 8.13. The highest BCUT2D eigenvalue weighted by Gasteiger charge is 2.35. The average Bonchev–Trinajstić information content (AvgIpc) is 2.90. The second-order valence-corrected chi connectivity index (χ2v) is 6.56. The zero-order valence-corrected chi connectivity index (χ0v) is 15.3. The Morgan fingerprint density at radius 1 is 1.09 bits per heavy atom. The van der Waals surface area contributed by atoms with Crippen LogP contribution in [0.1, 0.15) is 30.9 Å². The van der Waals surface area contributed by atoms with E-state index in [0.717, 1.165) is 48.6 Å². The quantitative estimate of drug-likeness (QED) is 0.866. The van der Waals surface area contributed by atoms with E-state index in [1.807, 2.05) is 6.07 Å². The van der Waals surface area contributed by atoms with Crippen LogP contribution < -0.4 is 14.8 Å². The van der Waals surface area contributed by atoms with Gasteiger partial charge in [0.2, 0.25) is 6.79 Å². The van der Waals surface area contributed by atoms with Gasteiger partial charge in [-0.2, -0.15) is 0 Å². The van der Waals surface area contributed by atoms with Crippen LogP contribution in [-0.4, -0.2) is 37.9 Å². The summed E-state index contributed by atoms with van der Waals surface area (Å²) in [5, 5.41) is 4.25. The molecule has 0 bridgehead atoms. The first-order chi connectivity index (χ1) is 10.3. The molecule has 2 fully saturated rings. The number of fused-ring (bicyclic) bond motifs is 1. The van der Waals surface area contributed by atoms with E-state index in [0.29, 0.717) is 12.8 Å². The lowest BCUT2D eigenvalue weighted by molar-refractivity contribution is 0.0836. The summed E-state index contributed by atoms with van der Waals surface area (Å²) in [5.74, 6) is 2.34. The first kappa shape index (κ1) is 18.9. The second-order valence-electron chi connectivity index (χ2n) is 6.15. The molecule has 1 saturated heterocycles. The van der Waals surface area contributed by atoms with E-state index in [-0.39, 0.29) is 24.8 Å². The van der Waals surface area contributed by atoms with Crippen LogP contribution in [0.25, 0.3) is 0 Å². The molecule has 2 heterocycles. The lowest BCUT2D eigenvalue weighted by atomic mass is 9.76. The monoisotopic (exact) mass is 380 g/mol. The number of nitrogens with zero attached hydrogens (tertiary/aromatic N) is 1. The van der Waals surface area contributed by atoms with Crippen molar-refractivity contribution < 1.29 is 9.47 Å². The van der Waals surface area contributed by atoms with Gasteiger partial charge in [0.25, 0.3) is 0 Å². The molecule has 0 spiro atoms. The van der Waals surface area contributed by atoms with Crippen LogP contribution in [-0.2, 0) is 0 Å². The van der Waals surface area contributed by atoms with Crippen molar-refractivity contribution in [2.24, 2.45) is 5.92 Å². The number of benzene rings is 1. The molecular formula is C16H23Cl3N2O2. The Bertz CT molecular complexity index is 534. The van der Waals surface area contributed by atoms with Crippen LogP contribution in [0.15, 0.2) is 12.1 Å². The van der Waals surface area contributed by atoms with Gasteiger partial charge in [-0.1, -0.05) is 18.0 Å². The normalized spacial score (nSPS) is 21.8. The van der Waals surface area contributed by atoms with Gasteiger partial charge < -0.3 is 14.8 Å². The van der Waals surface area contributed by atoms with E-state index in [2.05, 4.69) is 16.3 Å². The van der Waals surface area contributed by atoms with E-state index < -0.39 is 0 Å². The fourth-order valence-electron chi connectivity index (χ4n) is 3.62. The summed E-state index contributed by atoms with van der Waals surface area (Å²) in [5.41, 5.74) is 1.22. The van der Waals surface area contributed by atoms with Crippen LogP contribution in [0.4, 0.5) is 0 Å². The molecule has 1 N–H and O–H groups in total. The summed E-state index contributed by atoms with van der Waals surface area (Å²) in [6.45, 7) is 4.60. The molecule has 1 aromatic rings. The molecule has 0 unspecified atom stereocenters. The summed E-state index contributed by atoms with van der Waals surface area (Å²) < 4.78 is 11.0. The molecule has 0 aromatic heterocycles. The van der Waals surface area contributed by atoms with Crippen molar-refractivity contribution in [3.05, 3.63) is 22.7 Å². The van der Waals surface area contributed by atoms with Crippen molar-refractivity contribution in [2.75, 3.05) is 33.0 Å². The van der Waals surface area contributed by atoms with Crippen LogP contribution >= 0.6 is 36.4 Å². The van der Waals surface area contributed by atoms with Gasteiger partial charge in [-0.15, -0.1) is 24.8 Å². The molecule has 1 saturated carbocycles. The minimum Gasteiger partial charge on any atom is -0.454 e. The molecule has 7 heteroatoms. The summed E-state index contributed by atoms with van der Waals surface area (Å²) in [6.07, 6.45) is 3.95. The van der Waals surface area contributed by atoms with Crippen molar-refractivity contribution in [1.29, 1.82) is 0 Å². The molecular weight excluding hydrogens is 359 g/mol. The Balaban J connectivity index is 0.000000960. The van der Waals surface area contributed by atoms with Crippen LogP contribution in [0.2, 0.25) is 5.02 Å². The summed E-state index contributed by atoms with van der Waals surface area (Å²) in [7, 11) is 0. The van der Waals surface area contributed by atoms with E-state index in [1.165, 1.54) is 24.8 Å². The molecule has 0 amide bonds. The lowest BCUT2D eigenvalue weighted by Crippen LogP contribution is -2.47. The fourth-order valence-corrected chi connectivity index (χ4v) is 3.89. The zero-order chi connectivity index (χ0) is 14.2. The number of nitrogens with one attached hydrogen (secondary N) is 1. The Morgan fingerprint density at radius 3 is 2.35 bits per heavy atom. The Labute approximate surface area is 154 Å². The number of halogens is 3. The fraction of sp³-hybridized carbons (Fsp3) is 0.625. The Kier molecular flexibility index (Phi) is 6.69. The third-order valence-corrected chi connectivity index (χ3v) is 5.28. The van der Waals surface area contributed by atoms with Crippen LogP contribution in [0, 0.1) is 5.92 Å². The Morgan fingerprint density at radius 2 is 1.74 bits per heavy atom. The maximum absolute atomic E-state index is 6.57. The first-order valence-corrected chi connectivity index (χ1v) is 8.24. The third kappa shape index (κ3) is 3.67. The van der Waals surface area contributed by atoms with Crippen molar-refractivity contribution in [3.8, 4) is 11.5 Å². The average molecular weight is 382 g/mol. The van der Waals surface area contributed by atoms with Gasteiger partial charge in [0.15, 0.2) is 11.5 Å². The number of piperazine rings is 1. The zero-order valence-electron chi connectivity index (χ0n) is 12.9.